The first-order valence-corrected chi connectivity index (χ1v) is 6.57. The van der Waals surface area contributed by atoms with Crippen molar-refractivity contribution in [2.45, 2.75) is 38.0 Å². The minimum Gasteiger partial charge on any atom is -0.497 e. The lowest BCUT2D eigenvalue weighted by atomic mass is 9.80. The molecule has 0 unspecified atom stereocenters. The first kappa shape index (κ1) is 15.0. The maximum absolute atomic E-state index is 12.3. The van der Waals surface area contributed by atoms with Gasteiger partial charge >= 0.3 is 6.61 Å². The molecule has 0 amide bonds. The lowest BCUT2D eigenvalue weighted by molar-refractivity contribution is -0.0509. The quantitative estimate of drug-likeness (QED) is 0.808. The van der Waals surface area contributed by atoms with E-state index in [4.69, 9.17) is 4.74 Å². The van der Waals surface area contributed by atoms with Crippen molar-refractivity contribution in [1.82, 2.24) is 5.32 Å². The van der Waals surface area contributed by atoms with Gasteiger partial charge in [-0.25, -0.2) is 0 Å². The van der Waals surface area contributed by atoms with Crippen molar-refractivity contribution >= 4 is 0 Å². The molecule has 6 heteroatoms. The van der Waals surface area contributed by atoms with E-state index in [9.17, 15) is 13.9 Å². The normalized spacial score (nSPS) is 16.9. The molecule has 1 fully saturated rings. The van der Waals surface area contributed by atoms with Gasteiger partial charge in [0.25, 0.3) is 0 Å². The molecule has 1 aliphatic carbocycles. The minimum atomic E-state index is -2.86. The Morgan fingerprint density at radius 1 is 1.40 bits per heavy atom. The molecule has 0 heterocycles. The fraction of sp³-hybridized carbons (Fsp3) is 0.571. The van der Waals surface area contributed by atoms with E-state index in [1.807, 2.05) is 0 Å². The molecule has 1 saturated carbocycles. The Morgan fingerprint density at radius 2 is 2.15 bits per heavy atom. The summed E-state index contributed by atoms with van der Waals surface area (Å²) in [6.07, 6.45) is 2.58. The Bertz CT molecular complexity index is 450. The molecule has 0 radical (unpaired) electrons. The SMILES string of the molecule is COc1ccc(OC(F)F)c(CNCC2(O)CCC2)c1. The molecule has 0 bridgehead atoms. The summed E-state index contributed by atoms with van der Waals surface area (Å²) in [6, 6.07) is 4.68. The number of benzene rings is 1. The van der Waals surface area contributed by atoms with Crippen LogP contribution in [0.5, 0.6) is 11.5 Å². The Labute approximate surface area is 116 Å². The zero-order valence-electron chi connectivity index (χ0n) is 11.4. The van der Waals surface area contributed by atoms with Crippen molar-refractivity contribution < 1.29 is 23.4 Å². The van der Waals surface area contributed by atoms with Gasteiger partial charge in [0.05, 0.1) is 12.7 Å². The summed E-state index contributed by atoms with van der Waals surface area (Å²) in [7, 11) is 1.51. The van der Waals surface area contributed by atoms with Crippen molar-refractivity contribution in [3.05, 3.63) is 23.8 Å². The standard InChI is InChI=1S/C14H19F2NO3/c1-19-11-3-4-12(20-13(15)16)10(7-11)8-17-9-14(18)5-2-6-14/h3-4,7,13,17-18H,2,5-6,8-9H2,1H3. The monoisotopic (exact) mass is 287 g/mol. The van der Waals surface area contributed by atoms with Crippen LogP contribution in [0.25, 0.3) is 0 Å². The van der Waals surface area contributed by atoms with Gasteiger partial charge in [-0.3, -0.25) is 0 Å². The van der Waals surface area contributed by atoms with Crippen LogP contribution in [0.3, 0.4) is 0 Å². The van der Waals surface area contributed by atoms with Crippen LogP contribution in [0.1, 0.15) is 24.8 Å². The van der Waals surface area contributed by atoms with E-state index < -0.39 is 12.2 Å². The molecule has 112 valence electrons. The van der Waals surface area contributed by atoms with Crippen molar-refractivity contribution in [3.63, 3.8) is 0 Å². The Morgan fingerprint density at radius 3 is 2.70 bits per heavy atom. The van der Waals surface area contributed by atoms with E-state index in [-0.39, 0.29) is 5.75 Å². The van der Waals surface area contributed by atoms with Crippen LogP contribution < -0.4 is 14.8 Å². The summed E-state index contributed by atoms with van der Waals surface area (Å²) >= 11 is 0. The van der Waals surface area contributed by atoms with Gasteiger partial charge in [-0.05, 0) is 37.5 Å². The minimum absolute atomic E-state index is 0.119. The Balaban J connectivity index is 1.99. The third-order valence-corrected chi connectivity index (χ3v) is 3.54. The molecule has 0 saturated heterocycles. The van der Waals surface area contributed by atoms with Crippen LogP contribution >= 0.6 is 0 Å². The van der Waals surface area contributed by atoms with Crippen LogP contribution in [0.15, 0.2) is 18.2 Å². The fourth-order valence-corrected chi connectivity index (χ4v) is 2.22. The van der Waals surface area contributed by atoms with Crippen LogP contribution in [-0.2, 0) is 6.54 Å². The largest absolute Gasteiger partial charge is 0.497 e. The highest BCUT2D eigenvalue weighted by molar-refractivity contribution is 5.40. The molecule has 0 spiro atoms. The molecule has 1 aliphatic rings. The number of ether oxygens (including phenoxy) is 2. The van der Waals surface area contributed by atoms with Gasteiger partial charge in [0.15, 0.2) is 0 Å². The highest BCUT2D eigenvalue weighted by atomic mass is 19.3. The first-order valence-electron chi connectivity index (χ1n) is 6.57. The molecule has 0 atom stereocenters. The van der Waals surface area contributed by atoms with Crippen LogP contribution in [0.2, 0.25) is 0 Å². The topological polar surface area (TPSA) is 50.7 Å². The van der Waals surface area contributed by atoms with E-state index in [2.05, 4.69) is 10.1 Å². The van der Waals surface area contributed by atoms with Gasteiger partial charge in [0.2, 0.25) is 0 Å². The van der Waals surface area contributed by atoms with Gasteiger partial charge in [0, 0.05) is 18.7 Å². The summed E-state index contributed by atoms with van der Waals surface area (Å²) in [4.78, 5) is 0. The van der Waals surface area contributed by atoms with Crippen molar-refractivity contribution in [2.75, 3.05) is 13.7 Å². The average molecular weight is 287 g/mol. The molecule has 2 rings (SSSR count). The molecular formula is C14H19F2NO3. The number of halogens is 2. The van der Waals surface area contributed by atoms with E-state index in [1.54, 1.807) is 12.1 Å². The second-order valence-electron chi connectivity index (χ2n) is 5.03. The number of aliphatic hydroxyl groups is 1. The van der Waals surface area contributed by atoms with Crippen LogP contribution in [0.4, 0.5) is 8.78 Å². The van der Waals surface area contributed by atoms with Crippen molar-refractivity contribution in [3.8, 4) is 11.5 Å². The first-order chi connectivity index (χ1) is 9.52. The zero-order chi connectivity index (χ0) is 14.6. The summed E-state index contributed by atoms with van der Waals surface area (Å²) in [5, 5.41) is 13.0. The number of nitrogens with one attached hydrogen (secondary N) is 1. The summed E-state index contributed by atoms with van der Waals surface area (Å²) < 4.78 is 34.2. The Hall–Kier alpha value is -1.40. The molecule has 2 N–H and O–H groups in total. The van der Waals surface area contributed by atoms with Gasteiger partial charge < -0.3 is 19.9 Å². The molecule has 1 aromatic carbocycles. The number of methoxy groups -OCH3 is 1. The van der Waals surface area contributed by atoms with Gasteiger partial charge in [0.1, 0.15) is 11.5 Å². The van der Waals surface area contributed by atoms with E-state index in [0.29, 0.717) is 24.4 Å². The number of hydrogen-bond donors (Lipinski definition) is 2. The maximum Gasteiger partial charge on any atom is 0.387 e. The Kier molecular flexibility index (Phi) is 4.77. The second-order valence-corrected chi connectivity index (χ2v) is 5.03. The van der Waals surface area contributed by atoms with E-state index >= 15 is 0 Å². The van der Waals surface area contributed by atoms with Crippen molar-refractivity contribution in [2.24, 2.45) is 0 Å². The van der Waals surface area contributed by atoms with Gasteiger partial charge in [-0.1, -0.05) is 0 Å². The highest BCUT2D eigenvalue weighted by Gasteiger charge is 2.33. The lowest BCUT2D eigenvalue weighted by Crippen LogP contribution is -2.46. The average Bonchev–Trinajstić information content (AvgIpc) is 2.38. The molecule has 0 aromatic heterocycles. The second kappa shape index (κ2) is 6.37. The molecule has 20 heavy (non-hydrogen) atoms. The van der Waals surface area contributed by atoms with Crippen LogP contribution in [-0.4, -0.2) is 31.0 Å². The third kappa shape index (κ3) is 3.80. The summed E-state index contributed by atoms with van der Waals surface area (Å²) in [5.41, 5.74) is -0.0737. The molecular weight excluding hydrogens is 268 g/mol. The van der Waals surface area contributed by atoms with Gasteiger partial charge in [-0.15, -0.1) is 0 Å². The maximum atomic E-state index is 12.3. The van der Waals surface area contributed by atoms with Crippen molar-refractivity contribution in [1.29, 1.82) is 0 Å². The zero-order valence-corrected chi connectivity index (χ0v) is 11.4. The third-order valence-electron chi connectivity index (χ3n) is 3.54. The highest BCUT2D eigenvalue weighted by Crippen LogP contribution is 2.31. The smallest absolute Gasteiger partial charge is 0.387 e. The molecule has 1 aromatic rings. The predicted molar refractivity (Wildman–Crippen MR) is 70.1 cm³/mol. The number of alkyl halides is 2. The summed E-state index contributed by atoms with van der Waals surface area (Å²) in [6.45, 7) is -2.09. The fourth-order valence-electron chi connectivity index (χ4n) is 2.22. The number of hydrogen-bond acceptors (Lipinski definition) is 4. The number of rotatable bonds is 7. The van der Waals surface area contributed by atoms with E-state index in [1.165, 1.54) is 13.2 Å². The van der Waals surface area contributed by atoms with E-state index in [0.717, 1.165) is 19.3 Å². The summed E-state index contributed by atoms with van der Waals surface area (Å²) in [5.74, 6) is 0.694. The molecule has 0 aliphatic heterocycles. The predicted octanol–water partition coefficient (Wildman–Crippen LogP) is 2.30. The molecule has 4 nitrogen and oxygen atoms in total. The van der Waals surface area contributed by atoms with Crippen LogP contribution in [0, 0.1) is 0 Å². The van der Waals surface area contributed by atoms with Gasteiger partial charge in [-0.2, -0.15) is 8.78 Å². The lowest BCUT2D eigenvalue weighted by Gasteiger charge is -2.36.